The summed E-state index contributed by atoms with van der Waals surface area (Å²) >= 11 is 0. The molecule has 5 aromatic rings. The molecule has 0 radical (unpaired) electrons. The van der Waals surface area contributed by atoms with Gasteiger partial charge in [0.25, 0.3) is 11.5 Å². The van der Waals surface area contributed by atoms with Crippen LogP contribution in [0.3, 0.4) is 0 Å². The Labute approximate surface area is 367 Å². The summed E-state index contributed by atoms with van der Waals surface area (Å²) in [5, 5.41) is 12.6. The van der Waals surface area contributed by atoms with E-state index in [4.69, 9.17) is 4.74 Å². The lowest BCUT2D eigenvalue weighted by Crippen LogP contribution is -2.52. The summed E-state index contributed by atoms with van der Waals surface area (Å²) in [7, 11) is 0. The van der Waals surface area contributed by atoms with Crippen molar-refractivity contribution in [1.29, 1.82) is 5.26 Å². The number of ether oxygens (including phenoxy) is 1. The summed E-state index contributed by atoms with van der Waals surface area (Å²) in [5.41, 5.74) is 3.97. The first kappa shape index (κ1) is 41.1. The molecule has 2 aromatic heterocycles. The van der Waals surface area contributed by atoms with E-state index in [9.17, 15) is 28.8 Å². The molecule has 3 aromatic carbocycles. The lowest BCUT2D eigenvalue weighted by Gasteiger charge is -2.40. The quantitative estimate of drug-likeness (QED) is 0.200. The average Bonchev–Trinajstić information content (AvgIpc) is 3.89. The molecule has 5 aliphatic heterocycles. The topological polar surface area (TPSA) is 160 Å². The van der Waals surface area contributed by atoms with Gasteiger partial charge in [-0.05, 0) is 97.8 Å². The maximum absolute atomic E-state index is 15.1. The van der Waals surface area contributed by atoms with Crippen molar-refractivity contribution in [1.82, 2.24) is 29.7 Å². The van der Waals surface area contributed by atoms with Crippen LogP contribution in [0.5, 0.6) is 11.5 Å². The van der Waals surface area contributed by atoms with Crippen LogP contribution in [0.25, 0.3) is 16.7 Å². The molecule has 0 saturated carbocycles. The van der Waals surface area contributed by atoms with Gasteiger partial charge < -0.3 is 24.3 Å². The summed E-state index contributed by atoms with van der Waals surface area (Å²) in [6, 6.07) is 18.4. The summed E-state index contributed by atoms with van der Waals surface area (Å²) in [5.74, 6) is -0.773. The highest BCUT2D eigenvalue weighted by atomic mass is 19.1. The van der Waals surface area contributed by atoms with Gasteiger partial charge in [-0.15, -0.1) is 0 Å². The van der Waals surface area contributed by atoms with Gasteiger partial charge in [-0.1, -0.05) is 0 Å². The van der Waals surface area contributed by atoms with Gasteiger partial charge in [0.2, 0.25) is 11.8 Å². The van der Waals surface area contributed by atoms with E-state index in [0.29, 0.717) is 54.4 Å². The molecule has 5 aliphatic rings. The van der Waals surface area contributed by atoms with Crippen molar-refractivity contribution in [3.05, 3.63) is 106 Å². The number of carbonyl (C=O) groups is 3. The highest BCUT2D eigenvalue weighted by molar-refractivity contribution is 6.05. The summed E-state index contributed by atoms with van der Waals surface area (Å²) < 4.78 is 36.3. The van der Waals surface area contributed by atoms with Crippen LogP contribution < -0.4 is 30.3 Å². The normalized spacial score (nSPS) is 20.8. The maximum Gasteiger partial charge on any atom is 0.267 e. The fourth-order valence-corrected chi connectivity index (χ4v) is 9.79. The molecule has 4 fully saturated rings. The van der Waals surface area contributed by atoms with E-state index < -0.39 is 29.5 Å². The molecule has 17 heteroatoms. The third kappa shape index (κ3) is 7.87. The Kier molecular flexibility index (Phi) is 10.9. The predicted molar refractivity (Wildman–Crippen MR) is 234 cm³/mol. The first-order valence-electron chi connectivity index (χ1n) is 21.9. The number of hydrogen-bond acceptors (Lipinski definition) is 12. The first-order valence-corrected chi connectivity index (χ1v) is 21.9. The van der Waals surface area contributed by atoms with Crippen molar-refractivity contribution in [3.8, 4) is 23.4 Å². The van der Waals surface area contributed by atoms with E-state index in [0.717, 1.165) is 75.6 Å². The number of amides is 3. The second kappa shape index (κ2) is 17.0. The molecule has 10 rings (SSSR count). The van der Waals surface area contributed by atoms with Crippen molar-refractivity contribution < 1.29 is 27.9 Å². The zero-order valence-corrected chi connectivity index (χ0v) is 35.1. The number of anilines is 3. The number of rotatable bonds is 9. The van der Waals surface area contributed by atoms with Gasteiger partial charge in [-0.3, -0.25) is 34.0 Å². The van der Waals surface area contributed by atoms with Crippen molar-refractivity contribution in [2.24, 2.45) is 5.92 Å². The number of nitriles is 1. The molecule has 64 heavy (non-hydrogen) atoms. The highest BCUT2D eigenvalue weighted by Crippen LogP contribution is 2.37. The lowest BCUT2D eigenvalue weighted by molar-refractivity contribution is -0.136. The van der Waals surface area contributed by atoms with Gasteiger partial charge in [0.15, 0.2) is 11.6 Å². The molecule has 3 amide bonds. The van der Waals surface area contributed by atoms with E-state index in [2.05, 4.69) is 36.1 Å². The zero-order chi connectivity index (χ0) is 44.1. The number of imide groups is 1. The minimum Gasteiger partial charge on any atom is -0.453 e. The largest absolute Gasteiger partial charge is 0.453 e. The molecule has 1 unspecified atom stereocenters. The lowest BCUT2D eigenvalue weighted by atomic mass is 9.95. The van der Waals surface area contributed by atoms with Crippen molar-refractivity contribution in [2.45, 2.75) is 50.9 Å². The van der Waals surface area contributed by atoms with Crippen LogP contribution in [0, 0.1) is 23.1 Å². The van der Waals surface area contributed by atoms with Crippen molar-refractivity contribution in [2.75, 3.05) is 73.6 Å². The molecule has 7 heterocycles. The molecule has 1 N–H and O–H groups in total. The Balaban J connectivity index is 0.731. The second-order valence-corrected chi connectivity index (χ2v) is 17.2. The molecule has 0 bridgehead atoms. The van der Waals surface area contributed by atoms with Crippen LogP contribution in [0.15, 0.2) is 78.0 Å². The fourth-order valence-electron chi connectivity index (χ4n) is 9.79. The Morgan fingerprint density at radius 1 is 0.828 bits per heavy atom. The number of halogens is 2. The third-order valence-electron chi connectivity index (χ3n) is 13.3. The van der Waals surface area contributed by atoms with Crippen LogP contribution in [0.2, 0.25) is 0 Å². The van der Waals surface area contributed by atoms with Crippen molar-refractivity contribution in [3.63, 3.8) is 0 Å². The summed E-state index contributed by atoms with van der Waals surface area (Å²) in [6.07, 6.45) is 5.20. The smallest absolute Gasteiger partial charge is 0.267 e. The third-order valence-corrected chi connectivity index (χ3v) is 13.3. The monoisotopic (exact) mass is 868 g/mol. The van der Waals surface area contributed by atoms with E-state index in [1.165, 1.54) is 29.1 Å². The Bertz CT molecular complexity index is 2760. The molecular weight excluding hydrogens is 823 g/mol. The number of benzene rings is 3. The number of aromatic nitrogens is 3. The zero-order valence-electron chi connectivity index (χ0n) is 35.1. The summed E-state index contributed by atoms with van der Waals surface area (Å²) in [6.45, 7) is 7.30. The Morgan fingerprint density at radius 3 is 2.34 bits per heavy atom. The second-order valence-electron chi connectivity index (χ2n) is 17.2. The standard InChI is InChI=1S/C47H46F2N10O5/c48-31-13-16-57(27-31)40-7-5-38(49)44(37(40)23-50)64-34-3-6-39-36(22-34)47(63)59(28-52-39)42-9-2-33(24-51-42)56-19-17-54(18-20-56)25-29-11-14-55(15-12-29)32-1-4-35-30(21-32)26-58(46(35)62)41-8-10-43(60)53-45(41)61/h1-7,9,21-22,24,28-29,31,41H,8,10-20,25-27H2,(H,53,60,61)/t31-,41?/m1/s1. The average molecular weight is 869 g/mol. The molecule has 4 saturated heterocycles. The van der Waals surface area contributed by atoms with E-state index >= 15 is 4.39 Å². The Morgan fingerprint density at radius 2 is 1.61 bits per heavy atom. The van der Waals surface area contributed by atoms with Gasteiger partial charge >= 0.3 is 0 Å². The fraction of sp³-hybridized carbons (Fsp3) is 0.383. The van der Waals surface area contributed by atoms with Gasteiger partial charge in [-0.25, -0.2) is 18.7 Å². The van der Waals surface area contributed by atoms with Crippen LogP contribution in [-0.2, 0) is 16.1 Å². The van der Waals surface area contributed by atoms with Crippen LogP contribution in [0.1, 0.15) is 53.6 Å². The molecule has 15 nitrogen and oxygen atoms in total. The van der Waals surface area contributed by atoms with E-state index in [-0.39, 0.29) is 47.2 Å². The van der Waals surface area contributed by atoms with Gasteiger partial charge in [0.1, 0.15) is 41.7 Å². The molecule has 0 aliphatic carbocycles. The number of alkyl halides is 1. The molecule has 328 valence electrons. The number of carbonyl (C=O) groups excluding carboxylic acids is 3. The highest BCUT2D eigenvalue weighted by Gasteiger charge is 2.39. The van der Waals surface area contributed by atoms with Crippen LogP contribution in [0.4, 0.5) is 25.8 Å². The van der Waals surface area contributed by atoms with Gasteiger partial charge in [-0.2, -0.15) is 5.26 Å². The molecular formula is C47H46F2N10O5. The maximum atomic E-state index is 15.1. The molecule has 2 atom stereocenters. The minimum absolute atomic E-state index is 0.0432. The van der Waals surface area contributed by atoms with E-state index in [1.807, 2.05) is 24.3 Å². The number of nitrogens with zero attached hydrogens (tertiary/aromatic N) is 9. The molecule has 0 spiro atoms. The SMILES string of the molecule is N#Cc1c(N2CC[C@@H](F)C2)ccc(F)c1Oc1ccc2ncn(-c3ccc(N4CCN(CC5CCN(c6ccc7c(c6)CN(C6CCC(=O)NC6=O)C7=O)CC5)CC4)cn3)c(=O)c2c1. The van der Waals surface area contributed by atoms with Gasteiger partial charge in [0.05, 0.1) is 28.5 Å². The summed E-state index contributed by atoms with van der Waals surface area (Å²) in [4.78, 5) is 70.7. The van der Waals surface area contributed by atoms with Crippen LogP contribution in [-0.4, -0.2) is 113 Å². The predicted octanol–water partition coefficient (Wildman–Crippen LogP) is 4.93. The number of pyridine rings is 1. The van der Waals surface area contributed by atoms with Gasteiger partial charge in [0, 0.05) is 83.1 Å². The number of hydrogen-bond donors (Lipinski definition) is 1. The minimum atomic E-state index is -1.03. The van der Waals surface area contributed by atoms with Crippen LogP contribution >= 0.6 is 0 Å². The Hall–Kier alpha value is -6.93. The van der Waals surface area contributed by atoms with Crippen molar-refractivity contribution >= 4 is 45.7 Å². The van der Waals surface area contributed by atoms with E-state index in [1.54, 1.807) is 34.2 Å². The number of nitrogens with one attached hydrogen (secondary N) is 1. The number of piperazine rings is 1. The number of fused-ring (bicyclic) bond motifs is 2. The first-order chi connectivity index (χ1) is 31.1. The number of piperidine rings is 2.